The molecule has 0 N–H and O–H groups in total. The third kappa shape index (κ3) is 4.42. The van der Waals surface area contributed by atoms with Crippen molar-refractivity contribution >= 4 is 11.7 Å². The molecule has 1 aliphatic rings. The van der Waals surface area contributed by atoms with Gasteiger partial charge in [-0.3, -0.25) is 4.79 Å². The Morgan fingerprint density at radius 2 is 1.96 bits per heavy atom. The van der Waals surface area contributed by atoms with E-state index in [9.17, 15) is 10.1 Å². The van der Waals surface area contributed by atoms with Crippen LogP contribution in [0.1, 0.15) is 37.3 Å². The third-order valence-corrected chi connectivity index (χ3v) is 5.25. The predicted octanol–water partition coefficient (Wildman–Crippen LogP) is 3.19. The average Bonchev–Trinajstić information content (AvgIpc) is 2.77. The number of carbonyl (C=O) groups excluding carboxylic acids is 1. The number of ether oxygens (including phenoxy) is 1. The van der Waals surface area contributed by atoms with E-state index in [0.29, 0.717) is 43.5 Å². The molecular weight excluding hydrogens is 352 g/mol. The minimum Gasteiger partial charge on any atom is -0.483 e. The molecule has 1 atom stereocenters. The number of nitriles is 1. The summed E-state index contributed by atoms with van der Waals surface area (Å²) >= 11 is 0. The number of pyridine rings is 1. The topological polar surface area (TPSA) is 69.5 Å². The molecule has 2 aromatic rings. The molecule has 6 nitrogen and oxygen atoms in total. The first-order valence-electron chi connectivity index (χ1n) is 9.73. The normalized spacial score (nSPS) is 15.0. The fraction of sp³-hybridized carbons (Fsp3) is 0.409. The highest BCUT2D eigenvalue weighted by molar-refractivity contribution is 5.78. The van der Waals surface area contributed by atoms with Crippen LogP contribution < -0.4 is 9.64 Å². The molecule has 0 saturated carbocycles. The first-order valence-corrected chi connectivity index (χ1v) is 9.73. The van der Waals surface area contributed by atoms with Crippen LogP contribution in [0.5, 0.6) is 5.75 Å². The highest BCUT2D eigenvalue weighted by Crippen LogP contribution is 2.28. The van der Waals surface area contributed by atoms with Crippen LogP contribution in [0.25, 0.3) is 0 Å². The van der Waals surface area contributed by atoms with Gasteiger partial charge in [-0.05, 0) is 36.1 Å². The molecule has 0 spiro atoms. The van der Waals surface area contributed by atoms with Crippen LogP contribution in [0.15, 0.2) is 42.6 Å². The van der Waals surface area contributed by atoms with Gasteiger partial charge in [0.15, 0.2) is 6.61 Å². The van der Waals surface area contributed by atoms with E-state index >= 15 is 0 Å². The number of rotatable bonds is 6. The Morgan fingerprint density at radius 3 is 2.68 bits per heavy atom. The summed E-state index contributed by atoms with van der Waals surface area (Å²) in [5, 5.41) is 9.25. The Balaban J connectivity index is 1.56. The molecule has 28 heavy (non-hydrogen) atoms. The molecular formula is C22H26N4O2. The number of amides is 1. The van der Waals surface area contributed by atoms with E-state index in [0.717, 1.165) is 17.7 Å². The van der Waals surface area contributed by atoms with Crippen LogP contribution >= 0.6 is 0 Å². The van der Waals surface area contributed by atoms with E-state index in [1.807, 2.05) is 23.1 Å². The van der Waals surface area contributed by atoms with Crippen LogP contribution in [0.2, 0.25) is 0 Å². The summed E-state index contributed by atoms with van der Waals surface area (Å²) in [6, 6.07) is 13.6. The Kier molecular flexibility index (Phi) is 6.49. The number of nitrogens with zero attached hydrogens (tertiary/aromatic N) is 4. The molecule has 3 rings (SSSR count). The lowest BCUT2D eigenvalue weighted by Crippen LogP contribution is -2.50. The molecule has 0 bridgehead atoms. The molecule has 2 heterocycles. The van der Waals surface area contributed by atoms with Gasteiger partial charge in [0.25, 0.3) is 5.91 Å². The van der Waals surface area contributed by atoms with Gasteiger partial charge in [0.1, 0.15) is 17.6 Å². The van der Waals surface area contributed by atoms with Gasteiger partial charge in [-0.15, -0.1) is 0 Å². The van der Waals surface area contributed by atoms with E-state index in [4.69, 9.17) is 4.74 Å². The quantitative estimate of drug-likeness (QED) is 0.772. The molecule has 1 fully saturated rings. The molecule has 6 heteroatoms. The van der Waals surface area contributed by atoms with Crippen molar-refractivity contribution in [3.05, 3.63) is 53.7 Å². The van der Waals surface area contributed by atoms with Gasteiger partial charge in [0.05, 0.1) is 5.56 Å². The Hall–Kier alpha value is -3.07. The second-order valence-electron chi connectivity index (χ2n) is 6.99. The number of hydrogen-bond acceptors (Lipinski definition) is 5. The Morgan fingerprint density at radius 1 is 1.21 bits per heavy atom. The molecule has 1 saturated heterocycles. The zero-order valence-corrected chi connectivity index (χ0v) is 16.5. The smallest absolute Gasteiger partial charge is 0.260 e. The summed E-state index contributed by atoms with van der Waals surface area (Å²) in [6.07, 6.45) is 2.71. The van der Waals surface area contributed by atoms with Gasteiger partial charge in [-0.25, -0.2) is 4.98 Å². The molecule has 0 aliphatic carbocycles. The largest absolute Gasteiger partial charge is 0.483 e. The van der Waals surface area contributed by atoms with Crippen LogP contribution in [0, 0.1) is 11.3 Å². The summed E-state index contributed by atoms with van der Waals surface area (Å²) in [5.74, 6) is 1.86. The third-order valence-electron chi connectivity index (χ3n) is 5.25. The summed E-state index contributed by atoms with van der Waals surface area (Å²) < 4.78 is 5.86. The summed E-state index contributed by atoms with van der Waals surface area (Å²) in [6.45, 7) is 6.84. The lowest BCUT2D eigenvalue weighted by Gasteiger charge is -2.35. The minimum atomic E-state index is -0.0138. The lowest BCUT2D eigenvalue weighted by molar-refractivity contribution is -0.133. The highest BCUT2D eigenvalue weighted by atomic mass is 16.5. The molecule has 1 aliphatic heterocycles. The van der Waals surface area contributed by atoms with Gasteiger partial charge < -0.3 is 14.5 Å². The maximum atomic E-state index is 12.6. The zero-order chi connectivity index (χ0) is 19.9. The van der Waals surface area contributed by atoms with Gasteiger partial charge >= 0.3 is 0 Å². The van der Waals surface area contributed by atoms with E-state index < -0.39 is 0 Å². The SMILES string of the molecule is CCC(C)c1ccccc1OCC(=O)N1CCN(c2ncccc2C#N)CC1. The van der Waals surface area contributed by atoms with Crippen molar-refractivity contribution < 1.29 is 9.53 Å². The monoisotopic (exact) mass is 378 g/mol. The summed E-state index contributed by atoms with van der Waals surface area (Å²) in [4.78, 5) is 20.8. The van der Waals surface area contributed by atoms with E-state index in [1.54, 1.807) is 18.3 Å². The summed E-state index contributed by atoms with van der Waals surface area (Å²) in [5.41, 5.74) is 1.70. The van der Waals surface area contributed by atoms with Crippen molar-refractivity contribution in [2.45, 2.75) is 26.2 Å². The van der Waals surface area contributed by atoms with E-state index in [-0.39, 0.29) is 12.5 Å². The van der Waals surface area contributed by atoms with Crippen LogP contribution in [0.3, 0.4) is 0 Å². The van der Waals surface area contributed by atoms with E-state index in [2.05, 4.69) is 35.9 Å². The number of para-hydroxylation sites is 1. The Bertz CT molecular complexity index is 854. The number of carbonyl (C=O) groups is 1. The maximum Gasteiger partial charge on any atom is 0.260 e. The van der Waals surface area contributed by atoms with Crippen molar-refractivity contribution in [2.75, 3.05) is 37.7 Å². The molecule has 1 amide bonds. The van der Waals surface area contributed by atoms with Gasteiger partial charge in [0, 0.05) is 32.4 Å². The van der Waals surface area contributed by atoms with Crippen molar-refractivity contribution in [1.82, 2.24) is 9.88 Å². The van der Waals surface area contributed by atoms with Gasteiger partial charge in [0.2, 0.25) is 0 Å². The molecule has 0 radical (unpaired) electrons. The van der Waals surface area contributed by atoms with Crippen molar-refractivity contribution in [2.24, 2.45) is 0 Å². The number of benzene rings is 1. The lowest BCUT2D eigenvalue weighted by atomic mass is 9.98. The van der Waals surface area contributed by atoms with Crippen molar-refractivity contribution in [1.29, 1.82) is 5.26 Å². The highest BCUT2D eigenvalue weighted by Gasteiger charge is 2.24. The molecule has 146 valence electrons. The van der Waals surface area contributed by atoms with E-state index in [1.165, 1.54) is 0 Å². The second-order valence-corrected chi connectivity index (χ2v) is 6.99. The second kappa shape index (κ2) is 9.23. The zero-order valence-electron chi connectivity index (χ0n) is 16.5. The Labute approximate surface area is 166 Å². The maximum absolute atomic E-state index is 12.6. The molecule has 1 unspecified atom stereocenters. The molecule has 1 aromatic heterocycles. The first kappa shape index (κ1) is 19.7. The minimum absolute atomic E-state index is 0.0138. The van der Waals surface area contributed by atoms with Crippen molar-refractivity contribution in [3.63, 3.8) is 0 Å². The fourth-order valence-electron chi connectivity index (χ4n) is 3.37. The molecule has 1 aromatic carbocycles. The van der Waals surface area contributed by atoms with Crippen LogP contribution in [0.4, 0.5) is 5.82 Å². The average molecular weight is 378 g/mol. The standard InChI is InChI=1S/C22H26N4O2/c1-3-17(2)19-8-4-5-9-20(19)28-16-21(27)25-11-13-26(14-12-25)22-18(15-23)7-6-10-24-22/h4-10,17H,3,11-14,16H2,1-2H3. The fourth-order valence-corrected chi connectivity index (χ4v) is 3.37. The van der Waals surface area contributed by atoms with Gasteiger partial charge in [-0.1, -0.05) is 32.0 Å². The number of hydrogen-bond donors (Lipinski definition) is 0. The van der Waals surface area contributed by atoms with Crippen molar-refractivity contribution in [3.8, 4) is 11.8 Å². The number of aromatic nitrogens is 1. The number of anilines is 1. The number of piperazine rings is 1. The van der Waals surface area contributed by atoms with Crippen LogP contribution in [-0.4, -0.2) is 48.6 Å². The summed E-state index contributed by atoms with van der Waals surface area (Å²) in [7, 11) is 0. The predicted molar refractivity (Wildman–Crippen MR) is 108 cm³/mol. The first-order chi connectivity index (χ1) is 13.6. The van der Waals surface area contributed by atoms with Crippen LogP contribution in [-0.2, 0) is 4.79 Å². The van der Waals surface area contributed by atoms with Gasteiger partial charge in [-0.2, -0.15) is 5.26 Å².